The Morgan fingerprint density at radius 2 is 1.76 bits per heavy atom. The van der Waals surface area contributed by atoms with E-state index in [0.717, 1.165) is 33.6 Å². The van der Waals surface area contributed by atoms with Crippen LogP contribution in [-0.2, 0) is 20.7 Å². The average molecular weight is 478 g/mol. The van der Waals surface area contributed by atoms with Gasteiger partial charge in [-0.05, 0) is 28.7 Å². The first-order chi connectivity index (χ1) is 16.5. The molecule has 34 heavy (non-hydrogen) atoms. The van der Waals surface area contributed by atoms with Crippen LogP contribution in [0, 0.1) is 0 Å². The molecule has 3 N–H and O–H groups in total. The normalized spacial score (nSPS) is 12.8. The Kier molecular flexibility index (Phi) is 7.03. The molecule has 3 aromatic rings. The standard InChI is InChI=1S/C25H23N3O5S/c1-2-7-21(23(30)31)27-22(29)12-15-14-34-24(26-15)28-25(32)33-13-20-18-10-5-3-8-16(18)17-9-4-6-11-19(17)20/h2-6,8-11,14,20-21H,1,7,12-13H2,(H,27,29)(H,30,31)(H,26,28,32). The van der Waals surface area contributed by atoms with Crippen LogP contribution < -0.4 is 10.6 Å². The minimum Gasteiger partial charge on any atom is -0.480 e. The lowest BCUT2D eigenvalue weighted by Gasteiger charge is -2.14. The maximum atomic E-state index is 12.4. The second-order valence-corrected chi connectivity index (χ2v) is 8.61. The van der Waals surface area contributed by atoms with Crippen LogP contribution in [0.4, 0.5) is 9.93 Å². The average Bonchev–Trinajstić information content (AvgIpc) is 3.39. The van der Waals surface area contributed by atoms with Crippen LogP contribution in [0.5, 0.6) is 0 Å². The van der Waals surface area contributed by atoms with E-state index < -0.39 is 24.0 Å². The third-order valence-corrected chi connectivity index (χ3v) is 6.29. The molecule has 1 atom stereocenters. The largest absolute Gasteiger partial charge is 0.480 e. The highest BCUT2D eigenvalue weighted by Crippen LogP contribution is 2.44. The van der Waals surface area contributed by atoms with Gasteiger partial charge in [-0.1, -0.05) is 54.6 Å². The zero-order chi connectivity index (χ0) is 24.1. The number of aliphatic carboxylic acids is 1. The molecule has 9 heteroatoms. The zero-order valence-corrected chi connectivity index (χ0v) is 19.0. The maximum absolute atomic E-state index is 12.4. The van der Waals surface area contributed by atoms with E-state index in [-0.39, 0.29) is 25.4 Å². The van der Waals surface area contributed by atoms with Gasteiger partial charge in [0.05, 0.1) is 12.1 Å². The Labute approximate surface area is 200 Å². The van der Waals surface area contributed by atoms with Crippen LogP contribution in [0.1, 0.15) is 29.2 Å². The van der Waals surface area contributed by atoms with Crippen LogP contribution in [0.15, 0.2) is 66.6 Å². The highest BCUT2D eigenvalue weighted by molar-refractivity contribution is 7.13. The second-order valence-electron chi connectivity index (χ2n) is 7.75. The predicted octanol–water partition coefficient (Wildman–Crippen LogP) is 4.19. The number of thiazole rings is 1. The summed E-state index contributed by atoms with van der Waals surface area (Å²) in [5, 5.41) is 16.1. The lowest BCUT2D eigenvalue weighted by atomic mass is 9.98. The van der Waals surface area contributed by atoms with Crippen LogP contribution in [-0.4, -0.2) is 40.7 Å². The molecule has 1 heterocycles. The summed E-state index contributed by atoms with van der Waals surface area (Å²) in [6.45, 7) is 3.67. The molecule has 0 saturated heterocycles. The third-order valence-electron chi connectivity index (χ3n) is 5.48. The van der Waals surface area contributed by atoms with Crippen molar-refractivity contribution in [3.8, 4) is 11.1 Å². The lowest BCUT2D eigenvalue weighted by molar-refractivity contribution is -0.141. The second kappa shape index (κ2) is 10.3. The number of ether oxygens (including phenoxy) is 1. The molecule has 4 rings (SSSR count). The summed E-state index contributed by atoms with van der Waals surface area (Å²) >= 11 is 1.16. The van der Waals surface area contributed by atoms with Gasteiger partial charge >= 0.3 is 12.1 Å². The summed E-state index contributed by atoms with van der Waals surface area (Å²) in [7, 11) is 0. The van der Waals surface area contributed by atoms with Gasteiger partial charge in [0.2, 0.25) is 5.91 Å². The fourth-order valence-corrected chi connectivity index (χ4v) is 4.66. The van der Waals surface area contributed by atoms with E-state index in [2.05, 4.69) is 34.3 Å². The van der Waals surface area contributed by atoms with Gasteiger partial charge in [0, 0.05) is 11.3 Å². The monoisotopic (exact) mass is 477 g/mol. The van der Waals surface area contributed by atoms with Crippen molar-refractivity contribution in [1.29, 1.82) is 0 Å². The van der Waals surface area contributed by atoms with Gasteiger partial charge in [-0.25, -0.2) is 14.6 Å². The van der Waals surface area contributed by atoms with E-state index in [1.165, 1.54) is 6.08 Å². The van der Waals surface area contributed by atoms with Crippen molar-refractivity contribution in [2.75, 3.05) is 11.9 Å². The molecule has 1 aliphatic rings. The SMILES string of the molecule is C=CCC(NC(=O)Cc1csc(NC(=O)OCC2c3ccccc3-c3ccccc32)n1)C(=O)O. The van der Waals surface area contributed by atoms with Crippen LogP contribution in [0.3, 0.4) is 0 Å². The van der Waals surface area contributed by atoms with E-state index in [4.69, 9.17) is 9.84 Å². The van der Waals surface area contributed by atoms with Crippen molar-refractivity contribution in [2.24, 2.45) is 0 Å². The Morgan fingerprint density at radius 3 is 2.38 bits per heavy atom. The first-order valence-electron chi connectivity index (χ1n) is 10.7. The molecule has 0 saturated carbocycles. The number of amides is 2. The van der Waals surface area contributed by atoms with Crippen molar-refractivity contribution < 1.29 is 24.2 Å². The first kappa shape index (κ1) is 23.2. The molecular formula is C25H23N3O5S. The van der Waals surface area contributed by atoms with Gasteiger partial charge < -0.3 is 15.2 Å². The molecule has 1 unspecified atom stereocenters. The van der Waals surface area contributed by atoms with E-state index in [0.29, 0.717) is 10.8 Å². The van der Waals surface area contributed by atoms with Crippen LogP contribution >= 0.6 is 11.3 Å². The summed E-state index contributed by atoms with van der Waals surface area (Å²) < 4.78 is 5.50. The Hall–Kier alpha value is -3.98. The van der Waals surface area contributed by atoms with Crippen LogP contribution in [0.2, 0.25) is 0 Å². The fourth-order valence-electron chi connectivity index (χ4n) is 3.97. The highest BCUT2D eigenvalue weighted by Gasteiger charge is 2.29. The molecule has 0 radical (unpaired) electrons. The Bertz CT molecular complexity index is 1190. The molecule has 174 valence electrons. The van der Waals surface area contributed by atoms with Gasteiger partial charge in [0.1, 0.15) is 12.6 Å². The minimum absolute atomic E-state index is 0.0496. The third kappa shape index (κ3) is 5.15. The first-order valence-corrected chi connectivity index (χ1v) is 11.5. The highest BCUT2D eigenvalue weighted by atomic mass is 32.1. The summed E-state index contributed by atoms with van der Waals surface area (Å²) in [6.07, 6.45) is 0.804. The number of rotatable bonds is 9. The Morgan fingerprint density at radius 1 is 1.12 bits per heavy atom. The number of nitrogens with zero attached hydrogens (tertiary/aromatic N) is 1. The van der Waals surface area contributed by atoms with Crippen molar-refractivity contribution in [3.05, 3.63) is 83.4 Å². The number of hydrogen-bond donors (Lipinski definition) is 3. The number of fused-ring (bicyclic) bond motifs is 3. The van der Waals surface area contributed by atoms with Crippen LogP contribution in [0.25, 0.3) is 11.1 Å². The molecule has 1 aliphatic carbocycles. The topological polar surface area (TPSA) is 118 Å². The number of anilines is 1. The summed E-state index contributed by atoms with van der Waals surface area (Å²) in [4.78, 5) is 39.9. The fraction of sp³-hybridized carbons (Fsp3) is 0.200. The number of carboxylic acid groups (broad SMARTS) is 1. The maximum Gasteiger partial charge on any atom is 0.413 e. The van der Waals surface area contributed by atoms with E-state index >= 15 is 0 Å². The van der Waals surface area contributed by atoms with Crippen molar-refractivity contribution in [1.82, 2.24) is 10.3 Å². The van der Waals surface area contributed by atoms with E-state index in [9.17, 15) is 14.4 Å². The molecule has 0 fully saturated rings. The van der Waals surface area contributed by atoms with Gasteiger partial charge in [-0.15, -0.1) is 17.9 Å². The smallest absolute Gasteiger partial charge is 0.413 e. The van der Waals surface area contributed by atoms with Gasteiger partial charge in [-0.2, -0.15) is 0 Å². The molecule has 0 bridgehead atoms. The molecule has 8 nitrogen and oxygen atoms in total. The zero-order valence-electron chi connectivity index (χ0n) is 18.2. The molecule has 1 aromatic heterocycles. The number of nitrogens with one attached hydrogen (secondary N) is 2. The summed E-state index contributed by atoms with van der Waals surface area (Å²) in [6, 6.07) is 15.1. The van der Waals surface area contributed by atoms with Crippen molar-refractivity contribution in [3.63, 3.8) is 0 Å². The van der Waals surface area contributed by atoms with E-state index in [1.807, 2.05) is 36.4 Å². The predicted molar refractivity (Wildman–Crippen MR) is 129 cm³/mol. The number of benzene rings is 2. The molecule has 2 amide bonds. The van der Waals surface area contributed by atoms with Crippen molar-refractivity contribution in [2.45, 2.75) is 24.8 Å². The summed E-state index contributed by atoms with van der Waals surface area (Å²) in [5.41, 5.74) is 4.95. The number of carbonyl (C=O) groups is 3. The van der Waals surface area contributed by atoms with E-state index in [1.54, 1.807) is 5.38 Å². The Balaban J connectivity index is 1.32. The summed E-state index contributed by atoms with van der Waals surface area (Å²) in [5.74, 6) is -1.66. The molecule has 2 aromatic carbocycles. The van der Waals surface area contributed by atoms with Gasteiger partial charge in [-0.3, -0.25) is 10.1 Å². The minimum atomic E-state index is -1.14. The van der Waals surface area contributed by atoms with Crippen molar-refractivity contribution >= 4 is 34.4 Å². The van der Waals surface area contributed by atoms with Gasteiger partial charge in [0.15, 0.2) is 5.13 Å². The molecule has 0 aliphatic heterocycles. The molecule has 0 spiro atoms. The number of hydrogen-bond acceptors (Lipinski definition) is 6. The number of aromatic nitrogens is 1. The molecular weight excluding hydrogens is 454 g/mol. The lowest BCUT2D eigenvalue weighted by Crippen LogP contribution is -2.41. The quantitative estimate of drug-likeness (QED) is 0.398. The van der Waals surface area contributed by atoms with Gasteiger partial charge in [0.25, 0.3) is 0 Å². The number of carboxylic acids is 1. The number of carbonyl (C=O) groups excluding carboxylic acids is 2.